The van der Waals surface area contributed by atoms with Crippen molar-refractivity contribution in [3.05, 3.63) is 28.2 Å². The highest BCUT2D eigenvalue weighted by molar-refractivity contribution is 9.10. The Morgan fingerprint density at radius 1 is 1.25 bits per heavy atom. The summed E-state index contributed by atoms with van der Waals surface area (Å²) in [6.45, 7) is 10.0. The second-order valence-corrected chi connectivity index (χ2v) is 7.40. The van der Waals surface area contributed by atoms with Crippen LogP contribution in [0.1, 0.15) is 27.7 Å². The second kappa shape index (κ2) is 5.60. The fraction of sp³-hybridized carbons (Fsp3) is 0.600. The third kappa shape index (κ3) is 3.14. The third-order valence-electron chi connectivity index (χ3n) is 3.92. The minimum absolute atomic E-state index is 0.0894. The summed E-state index contributed by atoms with van der Waals surface area (Å²) in [4.78, 5) is 2.02. The first-order valence-electron chi connectivity index (χ1n) is 6.84. The molecule has 2 unspecified atom stereocenters. The standard InChI is InChI=1S/C15H21BrF2N2/c1-9-7-19-14(15(2,3)4)8-20(9)13-5-10(16)11(17)6-12(13)18/h5-6,9,14,19H,7-8H2,1-4H3. The summed E-state index contributed by atoms with van der Waals surface area (Å²) in [6.07, 6.45) is 0. The Bertz CT molecular complexity index is 499. The van der Waals surface area contributed by atoms with E-state index in [0.717, 1.165) is 12.6 Å². The Morgan fingerprint density at radius 2 is 1.90 bits per heavy atom. The number of rotatable bonds is 1. The Hall–Kier alpha value is -0.680. The Balaban J connectivity index is 2.32. The molecule has 1 saturated heterocycles. The number of piperazine rings is 1. The molecule has 1 fully saturated rings. The highest BCUT2D eigenvalue weighted by atomic mass is 79.9. The largest absolute Gasteiger partial charge is 0.364 e. The first kappa shape index (κ1) is 15.7. The lowest BCUT2D eigenvalue weighted by Gasteiger charge is -2.45. The van der Waals surface area contributed by atoms with Gasteiger partial charge in [-0.05, 0) is 34.3 Å². The molecular weight excluding hydrogens is 326 g/mol. The number of hydrogen-bond acceptors (Lipinski definition) is 2. The van der Waals surface area contributed by atoms with Crippen molar-refractivity contribution in [2.45, 2.75) is 39.8 Å². The van der Waals surface area contributed by atoms with Gasteiger partial charge in [-0.3, -0.25) is 0 Å². The molecule has 0 saturated carbocycles. The van der Waals surface area contributed by atoms with E-state index in [0.29, 0.717) is 16.7 Å². The predicted molar refractivity (Wildman–Crippen MR) is 82.1 cm³/mol. The van der Waals surface area contributed by atoms with E-state index in [-0.39, 0.29) is 17.5 Å². The molecule has 1 heterocycles. The van der Waals surface area contributed by atoms with Crippen molar-refractivity contribution in [2.75, 3.05) is 18.0 Å². The third-order valence-corrected chi connectivity index (χ3v) is 4.52. The molecule has 0 amide bonds. The van der Waals surface area contributed by atoms with Gasteiger partial charge in [0.05, 0.1) is 10.2 Å². The fourth-order valence-corrected chi connectivity index (χ4v) is 2.84. The van der Waals surface area contributed by atoms with E-state index in [2.05, 4.69) is 42.0 Å². The highest BCUT2D eigenvalue weighted by Crippen LogP contribution is 2.31. The van der Waals surface area contributed by atoms with E-state index in [1.54, 1.807) is 0 Å². The lowest BCUT2D eigenvalue weighted by atomic mass is 9.84. The topological polar surface area (TPSA) is 15.3 Å². The smallest absolute Gasteiger partial charge is 0.149 e. The summed E-state index contributed by atoms with van der Waals surface area (Å²) in [5, 5.41) is 3.50. The average molecular weight is 347 g/mol. The molecule has 2 atom stereocenters. The molecule has 20 heavy (non-hydrogen) atoms. The molecule has 1 aromatic rings. The van der Waals surface area contributed by atoms with Crippen LogP contribution >= 0.6 is 15.9 Å². The molecule has 0 radical (unpaired) electrons. The van der Waals surface area contributed by atoms with E-state index < -0.39 is 11.6 Å². The van der Waals surface area contributed by atoms with Crippen molar-refractivity contribution >= 4 is 21.6 Å². The van der Waals surface area contributed by atoms with Gasteiger partial charge in [0.25, 0.3) is 0 Å². The minimum atomic E-state index is -0.568. The number of nitrogens with zero attached hydrogens (tertiary/aromatic N) is 1. The SMILES string of the molecule is CC1CNC(C(C)(C)C)CN1c1cc(Br)c(F)cc1F. The maximum Gasteiger partial charge on any atom is 0.149 e. The molecule has 112 valence electrons. The van der Waals surface area contributed by atoms with Crippen molar-refractivity contribution in [3.8, 4) is 0 Å². The van der Waals surface area contributed by atoms with Crippen LogP contribution in [0.3, 0.4) is 0 Å². The van der Waals surface area contributed by atoms with Gasteiger partial charge in [0, 0.05) is 31.2 Å². The van der Waals surface area contributed by atoms with Crippen LogP contribution in [0.2, 0.25) is 0 Å². The van der Waals surface area contributed by atoms with Gasteiger partial charge in [0.15, 0.2) is 0 Å². The van der Waals surface area contributed by atoms with E-state index in [1.165, 1.54) is 6.07 Å². The van der Waals surface area contributed by atoms with Gasteiger partial charge in [0.2, 0.25) is 0 Å². The zero-order valence-electron chi connectivity index (χ0n) is 12.3. The summed E-state index contributed by atoms with van der Waals surface area (Å²) in [6, 6.07) is 2.91. The van der Waals surface area contributed by atoms with Crippen molar-refractivity contribution in [2.24, 2.45) is 5.41 Å². The number of halogens is 3. The van der Waals surface area contributed by atoms with Gasteiger partial charge in [-0.25, -0.2) is 8.78 Å². The molecule has 0 bridgehead atoms. The molecule has 5 heteroatoms. The fourth-order valence-electron chi connectivity index (χ4n) is 2.51. The highest BCUT2D eigenvalue weighted by Gasteiger charge is 2.33. The van der Waals surface area contributed by atoms with Gasteiger partial charge >= 0.3 is 0 Å². The minimum Gasteiger partial charge on any atom is -0.364 e. The molecule has 2 nitrogen and oxygen atoms in total. The Labute approximate surface area is 127 Å². The van der Waals surface area contributed by atoms with E-state index >= 15 is 0 Å². The van der Waals surface area contributed by atoms with Crippen molar-refractivity contribution in [1.29, 1.82) is 0 Å². The zero-order valence-corrected chi connectivity index (χ0v) is 13.9. The molecule has 1 aromatic carbocycles. The van der Waals surface area contributed by atoms with Crippen molar-refractivity contribution < 1.29 is 8.78 Å². The summed E-state index contributed by atoms with van der Waals surface area (Å²) in [5.41, 5.74) is 0.549. The van der Waals surface area contributed by atoms with Crippen LogP contribution < -0.4 is 10.2 Å². The summed E-state index contributed by atoms with van der Waals surface area (Å²) < 4.78 is 27.8. The molecule has 0 spiro atoms. The number of nitrogens with one attached hydrogen (secondary N) is 1. The quantitative estimate of drug-likeness (QED) is 0.774. The van der Waals surface area contributed by atoms with E-state index in [1.807, 2.05) is 11.8 Å². The van der Waals surface area contributed by atoms with E-state index in [9.17, 15) is 8.78 Å². The normalized spacial score (nSPS) is 24.1. The molecule has 0 aliphatic carbocycles. The molecule has 0 aromatic heterocycles. The summed E-state index contributed by atoms with van der Waals surface area (Å²) in [7, 11) is 0. The lowest BCUT2D eigenvalue weighted by molar-refractivity contribution is 0.238. The predicted octanol–water partition coefficient (Wildman–Crippen LogP) is 3.94. The number of anilines is 1. The first-order chi connectivity index (χ1) is 9.20. The van der Waals surface area contributed by atoms with Gasteiger partial charge in [-0.15, -0.1) is 0 Å². The van der Waals surface area contributed by atoms with Crippen molar-refractivity contribution in [1.82, 2.24) is 5.32 Å². The van der Waals surface area contributed by atoms with Crippen LogP contribution in [0.4, 0.5) is 14.5 Å². The van der Waals surface area contributed by atoms with Crippen LogP contribution in [0.15, 0.2) is 16.6 Å². The molecule has 1 aliphatic heterocycles. The van der Waals surface area contributed by atoms with Crippen molar-refractivity contribution in [3.63, 3.8) is 0 Å². The monoisotopic (exact) mass is 346 g/mol. The molecule has 1 aliphatic rings. The van der Waals surface area contributed by atoms with Gasteiger partial charge in [-0.1, -0.05) is 20.8 Å². The van der Waals surface area contributed by atoms with Crippen LogP contribution in [-0.2, 0) is 0 Å². The van der Waals surface area contributed by atoms with Gasteiger partial charge in [0.1, 0.15) is 11.6 Å². The summed E-state index contributed by atoms with van der Waals surface area (Å²) >= 11 is 3.14. The van der Waals surface area contributed by atoms with Crippen LogP contribution in [-0.4, -0.2) is 25.2 Å². The lowest BCUT2D eigenvalue weighted by Crippen LogP contribution is -2.59. The maximum absolute atomic E-state index is 14.1. The molecular formula is C15H21BrF2N2. The average Bonchev–Trinajstić information content (AvgIpc) is 2.33. The van der Waals surface area contributed by atoms with Gasteiger partial charge in [-0.2, -0.15) is 0 Å². The van der Waals surface area contributed by atoms with Crippen LogP contribution in [0.5, 0.6) is 0 Å². The number of benzene rings is 1. The van der Waals surface area contributed by atoms with Gasteiger partial charge < -0.3 is 10.2 Å². The number of hydrogen-bond donors (Lipinski definition) is 1. The Kier molecular flexibility index (Phi) is 4.40. The molecule has 1 N–H and O–H groups in total. The molecule has 2 rings (SSSR count). The van der Waals surface area contributed by atoms with Crippen LogP contribution in [0, 0.1) is 17.0 Å². The zero-order chi connectivity index (χ0) is 15.1. The van der Waals surface area contributed by atoms with Crippen LogP contribution in [0.25, 0.3) is 0 Å². The maximum atomic E-state index is 14.1. The first-order valence-corrected chi connectivity index (χ1v) is 7.64. The second-order valence-electron chi connectivity index (χ2n) is 6.55. The summed E-state index contributed by atoms with van der Waals surface area (Å²) in [5.74, 6) is -1.08. The van der Waals surface area contributed by atoms with E-state index in [4.69, 9.17) is 0 Å². The Morgan fingerprint density at radius 3 is 2.50 bits per heavy atom.